The first kappa shape index (κ1) is 22.3. The van der Waals surface area contributed by atoms with Gasteiger partial charge in [0.25, 0.3) is 5.56 Å². The standard InChI is InChI=1S/C27H26N4O2S/c1-18-24(11-13-29-15-19-6-5-12-28-14-19)34-26-25(18)27(32)31(17-30-26)16-22-21-8-4-3-7-20(21)9-10-23(22)33-2/h3-10,12,14,17,29H,11,13,15-16H2,1-2H3. The first-order valence-corrected chi connectivity index (χ1v) is 12.1. The molecule has 0 fully saturated rings. The van der Waals surface area contributed by atoms with Crippen LogP contribution in [0.5, 0.6) is 5.75 Å². The van der Waals surface area contributed by atoms with Gasteiger partial charge in [-0.05, 0) is 47.4 Å². The second-order valence-corrected chi connectivity index (χ2v) is 9.35. The minimum atomic E-state index is -0.0108. The number of nitrogens with zero attached hydrogens (tertiary/aromatic N) is 3. The van der Waals surface area contributed by atoms with E-state index < -0.39 is 0 Å². The van der Waals surface area contributed by atoms with Crippen molar-refractivity contribution in [1.29, 1.82) is 0 Å². The normalized spacial score (nSPS) is 11.4. The second-order valence-electron chi connectivity index (χ2n) is 8.26. The molecule has 6 nitrogen and oxygen atoms in total. The molecule has 3 heterocycles. The lowest BCUT2D eigenvalue weighted by Gasteiger charge is -2.13. The molecule has 172 valence electrons. The van der Waals surface area contributed by atoms with Gasteiger partial charge >= 0.3 is 0 Å². The zero-order chi connectivity index (χ0) is 23.5. The minimum absolute atomic E-state index is 0.0108. The molecule has 5 aromatic rings. The third-order valence-electron chi connectivity index (χ3n) is 6.14. The predicted octanol–water partition coefficient (Wildman–Crippen LogP) is 4.70. The monoisotopic (exact) mass is 470 g/mol. The van der Waals surface area contributed by atoms with Crippen molar-refractivity contribution < 1.29 is 4.74 Å². The first-order valence-electron chi connectivity index (χ1n) is 11.3. The molecule has 0 saturated carbocycles. The summed E-state index contributed by atoms with van der Waals surface area (Å²) in [5.41, 5.74) is 3.16. The van der Waals surface area contributed by atoms with Crippen LogP contribution in [0.4, 0.5) is 0 Å². The Morgan fingerprint density at radius 2 is 2.00 bits per heavy atom. The average Bonchev–Trinajstić information content (AvgIpc) is 3.20. The van der Waals surface area contributed by atoms with E-state index in [-0.39, 0.29) is 5.56 Å². The van der Waals surface area contributed by atoms with Gasteiger partial charge in [0.05, 0.1) is 25.4 Å². The Labute approximate surface area is 201 Å². The van der Waals surface area contributed by atoms with Crippen LogP contribution in [0.2, 0.25) is 0 Å². The van der Waals surface area contributed by atoms with E-state index in [4.69, 9.17) is 4.74 Å². The van der Waals surface area contributed by atoms with E-state index in [0.29, 0.717) is 11.9 Å². The lowest BCUT2D eigenvalue weighted by molar-refractivity contribution is 0.409. The van der Waals surface area contributed by atoms with Gasteiger partial charge in [-0.25, -0.2) is 4.98 Å². The number of aromatic nitrogens is 3. The molecule has 0 spiro atoms. The van der Waals surface area contributed by atoms with Gasteiger partial charge in [-0.15, -0.1) is 11.3 Å². The molecule has 0 aliphatic heterocycles. The molecular formula is C27H26N4O2S. The summed E-state index contributed by atoms with van der Waals surface area (Å²) in [6.45, 7) is 4.03. The Morgan fingerprint density at radius 1 is 1.12 bits per heavy atom. The van der Waals surface area contributed by atoms with Crippen molar-refractivity contribution in [1.82, 2.24) is 19.9 Å². The van der Waals surface area contributed by atoms with Crippen LogP contribution < -0.4 is 15.6 Å². The molecule has 3 aromatic heterocycles. The fraction of sp³-hybridized carbons (Fsp3) is 0.222. The van der Waals surface area contributed by atoms with Gasteiger partial charge in [0, 0.05) is 35.9 Å². The number of hydrogen-bond acceptors (Lipinski definition) is 6. The van der Waals surface area contributed by atoms with E-state index in [2.05, 4.69) is 33.5 Å². The summed E-state index contributed by atoms with van der Waals surface area (Å²) in [7, 11) is 1.66. The number of fused-ring (bicyclic) bond motifs is 2. The summed E-state index contributed by atoms with van der Waals surface area (Å²) in [4.78, 5) is 24.3. The molecule has 0 aliphatic rings. The number of pyridine rings is 1. The van der Waals surface area contributed by atoms with Gasteiger partial charge in [0.2, 0.25) is 0 Å². The molecule has 0 aliphatic carbocycles. The number of aryl methyl sites for hydroxylation is 1. The number of rotatable bonds is 8. The van der Waals surface area contributed by atoms with E-state index in [9.17, 15) is 4.79 Å². The van der Waals surface area contributed by atoms with Crippen LogP contribution in [0.3, 0.4) is 0 Å². The maximum atomic E-state index is 13.5. The van der Waals surface area contributed by atoms with Crippen molar-refractivity contribution in [3.63, 3.8) is 0 Å². The van der Waals surface area contributed by atoms with Crippen LogP contribution in [0.1, 0.15) is 21.6 Å². The number of ether oxygens (including phenoxy) is 1. The molecule has 34 heavy (non-hydrogen) atoms. The molecule has 5 rings (SSSR count). The van der Waals surface area contributed by atoms with Crippen molar-refractivity contribution in [2.75, 3.05) is 13.7 Å². The Morgan fingerprint density at radius 3 is 2.82 bits per heavy atom. The highest BCUT2D eigenvalue weighted by atomic mass is 32.1. The summed E-state index contributed by atoms with van der Waals surface area (Å²) in [5.74, 6) is 0.771. The number of methoxy groups -OCH3 is 1. The highest BCUT2D eigenvalue weighted by Gasteiger charge is 2.16. The van der Waals surface area contributed by atoms with Gasteiger partial charge in [-0.1, -0.05) is 36.4 Å². The van der Waals surface area contributed by atoms with Crippen LogP contribution in [0, 0.1) is 6.92 Å². The largest absolute Gasteiger partial charge is 0.496 e. The van der Waals surface area contributed by atoms with Crippen LogP contribution in [0.25, 0.3) is 21.0 Å². The Hall–Kier alpha value is -3.55. The second kappa shape index (κ2) is 9.75. The zero-order valence-electron chi connectivity index (χ0n) is 19.2. The lowest BCUT2D eigenvalue weighted by atomic mass is 10.0. The number of hydrogen-bond donors (Lipinski definition) is 1. The van der Waals surface area contributed by atoms with Crippen LogP contribution in [-0.4, -0.2) is 28.2 Å². The van der Waals surface area contributed by atoms with E-state index in [1.807, 2.05) is 43.5 Å². The smallest absolute Gasteiger partial charge is 0.262 e. The van der Waals surface area contributed by atoms with Gasteiger partial charge in [0.1, 0.15) is 10.6 Å². The quantitative estimate of drug-likeness (QED) is 0.333. The van der Waals surface area contributed by atoms with Crippen molar-refractivity contribution >= 4 is 32.3 Å². The molecule has 0 saturated heterocycles. The fourth-order valence-electron chi connectivity index (χ4n) is 4.33. The Bertz CT molecular complexity index is 1510. The van der Waals surface area contributed by atoms with Gasteiger partial charge in [0.15, 0.2) is 0 Å². The molecule has 0 bridgehead atoms. The molecule has 0 unspecified atom stereocenters. The highest BCUT2D eigenvalue weighted by molar-refractivity contribution is 7.18. The van der Waals surface area contributed by atoms with E-state index >= 15 is 0 Å². The van der Waals surface area contributed by atoms with Gasteiger partial charge < -0.3 is 10.1 Å². The summed E-state index contributed by atoms with van der Waals surface area (Å²) in [6, 6.07) is 16.2. The predicted molar refractivity (Wildman–Crippen MR) is 138 cm³/mol. The number of benzene rings is 2. The SMILES string of the molecule is COc1ccc2ccccc2c1Cn1cnc2sc(CCNCc3cccnc3)c(C)c2c1=O. The van der Waals surface area contributed by atoms with Crippen LogP contribution in [0.15, 0.2) is 72.0 Å². The number of nitrogens with one attached hydrogen (secondary N) is 1. The molecular weight excluding hydrogens is 444 g/mol. The molecule has 1 N–H and O–H groups in total. The Kier molecular flexibility index (Phi) is 6.38. The third kappa shape index (κ3) is 4.32. The van der Waals surface area contributed by atoms with Gasteiger partial charge in [-0.3, -0.25) is 14.3 Å². The fourth-order valence-corrected chi connectivity index (χ4v) is 5.47. The molecule has 0 amide bonds. The van der Waals surface area contributed by atoms with E-state index in [0.717, 1.165) is 57.6 Å². The Balaban J connectivity index is 1.40. The summed E-state index contributed by atoms with van der Waals surface area (Å²) < 4.78 is 7.31. The molecule has 0 radical (unpaired) electrons. The third-order valence-corrected chi connectivity index (χ3v) is 7.40. The maximum Gasteiger partial charge on any atom is 0.262 e. The van der Waals surface area contributed by atoms with Crippen LogP contribution >= 0.6 is 11.3 Å². The van der Waals surface area contributed by atoms with E-state index in [1.54, 1.807) is 35.5 Å². The topological polar surface area (TPSA) is 69.0 Å². The zero-order valence-corrected chi connectivity index (χ0v) is 20.1. The lowest BCUT2D eigenvalue weighted by Crippen LogP contribution is -2.21. The van der Waals surface area contributed by atoms with Crippen LogP contribution in [-0.2, 0) is 19.5 Å². The summed E-state index contributed by atoms with van der Waals surface area (Å²) >= 11 is 1.61. The molecule has 0 atom stereocenters. The highest BCUT2D eigenvalue weighted by Crippen LogP contribution is 2.30. The first-order chi connectivity index (χ1) is 16.7. The van der Waals surface area contributed by atoms with Crippen molar-refractivity contribution in [2.45, 2.75) is 26.4 Å². The number of thiophene rings is 1. The average molecular weight is 471 g/mol. The van der Waals surface area contributed by atoms with E-state index in [1.165, 1.54) is 4.88 Å². The molecule has 2 aromatic carbocycles. The van der Waals surface area contributed by atoms with Gasteiger partial charge in [-0.2, -0.15) is 0 Å². The summed E-state index contributed by atoms with van der Waals surface area (Å²) in [5, 5.41) is 6.37. The van der Waals surface area contributed by atoms with Crippen molar-refractivity contribution in [3.05, 3.63) is 99.2 Å². The minimum Gasteiger partial charge on any atom is -0.496 e. The van der Waals surface area contributed by atoms with Crippen molar-refractivity contribution in [3.8, 4) is 5.75 Å². The van der Waals surface area contributed by atoms with Crippen molar-refractivity contribution in [2.24, 2.45) is 0 Å². The maximum absolute atomic E-state index is 13.5. The molecule has 7 heteroatoms. The summed E-state index contributed by atoms with van der Waals surface area (Å²) in [6.07, 6.45) is 6.16.